The lowest BCUT2D eigenvalue weighted by molar-refractivity contribution is -0.130. The number of hydrogen-bond donors (Lipinski definition) is 2. The average Bonchev–Trinajstić information content (AvgIpc) is 2.62. The number of para-hydroxylation sites is 2. The number of nitrogens with zero attached hydrogens (tertiary/aromatic N) is 2. The molecule has 0 atom stereocenters. The van der Waals surface area contributed by atoms with Crippen LogP contribution in [0.1, 0.15) is 10.4 Å². The predicted octanol–water partition coefficient (Wildman–Crippen LogP) is 1.90. The first-order valence-electron chi connectivity index (χ1n) is 8.51. The molecule has 0 aromatic heterocycles. The van der Waals surface area contributed by atoms with Crippen LogP contribution in [0.25, 0.3) is 0 Å². The Hall–Kier alpha value is -3.19. The average molecular weight is 368 g/mol. The van der Waals surface area contributed by atoms with E-state index in [-0.39, 0.29) is 30.8 Å². The highest BCUT2D eigenvalue weighted by atomic mass is 16.2. The summed E-state index contributed by atoms with van der Waals surface area (Å²) in [6.45, 7) is 0.171. The zero-order valence-corrected chi connectivity index (χ0v) is 15.7. The molecular weight excluding hydrogens is 344 g/mol. The van der Waals surface area contributed by atoms with Crippen molar-refractivity contribution in [3.63, 3.8) is 0 Å². The van der Waals surface area contributed by atoms with Crippen LogP contribution >= 0.6 is 0 Å². The van der Waals surface area contributed by atoms with Gasteiger partial charge in [0.1, 0.15) is 0 Å². The van der Waals surface area contributed by atoms with E-state index in [9.17, 15) is 14.4 Å². The quantitative estimate of drug-likeness (QED) is 0.782. The summed E-state index contributed by atoms with van der Waals surface area (Å²) < 4.78 is 0. The maximum absolute atomic E-state index is 12.5. The Kier molecular flexibility index (Phi) is 7.08. The maximum Gasteiger partial charge on any atom is 0.257 e. The van der Waals surface area contributed by atoms with Gasteiger partial charge in [0.05, 0.1) is 24.3 Å². The van der Waals surface area contributed by atoms with Gasteiger partial charge in [-0.1, -0.05) is 30.3 Å². The summed E-state index contributed by atoms with van der Waals surface area (Å²) in [6, 6.07) is 15.9. The lowest BCUT2D eigenvalue weighted by atomic mass is 10.1. The molecule has 0 spiro atoms. The number of hydrogen-bond acceptors (Lipinski definition) is 4. The van der Waals surface area contributed by atoms with Gasteiger partial charge in [-0.25, -0.2) is 0 Å². The Labute approximate surface area is 159 Å². The summed E-state index contributed by atoms with van der Waals surface area (Å²) in [5.74, 6) is -0.704. The van der Waals surface area contributed by atoms with Crippen LogP contribution in [-0.2, 0) is 9.59 Å². The Balaban J connectivity index is 2.01. The van der Waals surface area contributed by atoms with Crippen molar-refractivity contribution in [2.45, 2.75) is 0 Å². The molecule has 0 saturated carbocycles. The van der Waals surface area contributed by atoms with E-state index in [0.717, 1.165) is 0 Å². The highest BCUT2D eigenvalue weighted by Gasteiger charge is 2.16. The summed E-state index contributed by atoms with van der Waals surface area (Å²) in [5, 5.41) is 5.54. The molecule has 0 heterocycles. The number of benzene rings is 2. The minimum absolute atomic E-state index is 0.0359. The monoisotopic (exact) mass is 368 g/mol. The second kappa shape index (κ2) is 9.49. The second-order valence-corrected chi connectivity index (χ2v) is 6.37. The molecule has 0 aliphatic heterocycles. The minimum Gasteiger partial charge on any atom is -0.348 e. The van der Waals surface area contributed by atoms with Gasteiger partial charge in [0, 0.05) is 19.8 Å². The van der Waals surface area contributed by atoms with Crippen molar-refractivity contribution in [1.82, 2.24) is 9.80 Å². The van der Waals surface area contributed by atoms with Crippen LogP contribution in [0.3, 0.4) is 0 Å². The molecule has 3 amide bonds. The number of likely N-dealkylation sites (N-methyl/N-ethyl adjacent to an activating group) is 2. The van der Waals surface area contributed by atoms with Crippen LogP contribution in [-0.4, -0.2) is 61.8 Å². The Morgan fingerprint density at radius 2 is 1.44 bits per heavy atom. The van der Waals surface area contributed by atoms with E-state index in [1.165, 1.54) is 4.90 Å². The molecule has 0 fully saturated rings. The smallest absolute Gasteiger partial charge is 0.257 e. The molecule has 0 aliphatic rings. The van der Waals surface area contributed by atoms with Crippen LogP contribution in [0, 0.1) is 0 Å². The largest absolute Gasteiger partial charge is 0.348 e. The van der Waals surface area contributed by atoms with Crippen molar-refractivity contribution in [3.8, 4) is 0 Å². The molecule has 0 saturated heterocycles. The number of rotatable bonds is 7. The summed E-state index contributed by atoms with van der Waals surface area (Å²) in [5.41, 5.74) is 1.45. The van der Waals surface area contributed by atoms with Crippen LogP contribution in [0.4, 0.5) is 11.4 Å². The number of carbonyl (C=O) groups excluding carboxylic acids is 3. The van der Waals surface area contributed by atoms with Crippen LogP contribution in [0.2, 0.25) is 0 Å². The molecular formula is C20H24N4O3. The highest BCUT2D eigenvalue weighted by Crippen LogP contribution is 2.17. The zero-order chi connectivity index (χ0) is 19.8. The lowest BCUT2D eigenvalue weighted by Gasteiger charge is -2.19. The van der Waals surface area contributed by atoms with Gasteiger partial charge in [0.25, 0.3) is 5.91 Å². The molecule has 0 unspecified atom stereocenters. The highest BCUT2D eigenvalue weighted by molar-refractivity contribution is 6.10. The van der Waals surface area contributed by atoms with Gasteiger partial charge in [0.15, 0.2) is 0 Å². The third-order valence-electron chi connectivity index (χ3n) is 3.79. The molecule has 27 heavy (non-hydrogen) atoms. The molecule has 142 valence electrons. The van der Waals surface area contributed by atoms with Crippen molar-refractivity contribution in [2.24, 2.45) is 0 Å². The minimum atomic E-state index is -0.312. The van der Waals surface area contributed by atoms with E-state index in [1.54, 1.807) is 62.4 Å². The van der Waals surface area contributed by atoms with Gasteiger partial charge in [-0.3, -0.25) is 19.3 Å². The second-order valence-electron chi connectivity index (χ2n) is 6.37. The fraction of sp³-hybridized carbons (Fsp3) is 0.250. The topological polar surface area (TPSA) is 81.8 Å². The fourth-order valence-corrected chi connectivity index (χ4v) is 2.37. The Bertz CT molecular complexity index is 806. The number of nitrogens with one attached hydrogen (secondary N) is 2. The molecule has 0 radical (unpaired) electrons. The number of amides is 3. The summed E-state index contributed by atoms with van der Waals surface area (Å²) in [7, 11) is 5.02. The molecule has 2 aromatic rings. The van der Waals surface area contributed by atoms with Crippen molar-refractivity contribution < 1.29 is 14.4 Å². The van der Waals surface area contributed by atoms with Crippen molar-refractivity contribution in [1.29, 1.82) is 0 Å². The molecule has 2 rings (SSSR count). The number of carbonyl (C=O) groups is 3. The van der Waals surface area contributed by atoms with Gasteiger partial charge in [0.2, 0.25) is 11.8 Å². The number of anilines is 2. The lowest BCUT2D eigenvalue weighted by Crippen LogP contribution is -2.38. The first-order chi connectivity index (χ1) is 12.9. The first-order valence-corrected chi connectivity index (χ1v) is 8.51. The van der Waals surface area contributed by atoms with Gasteiger partial charge >= 0.3 is 0 Å². The maximum atomic E-state index is 12.5. The summed E-state index contributed by atoms with van der Waals surface area (Å²) in [6.07, 6.45) is 0. The van der Waals surface area contributed by atoms with Gasteiger partial charge in [-0.05, 0) is 31.3 Å². The first kappa shape index (κ1) is 20.1. The van der Waals surface area contributed by atoms with Crippen molar-refractivity contribution >= 4 is 29.1 Å². The van der Waals surface area contributed by atoms with Gasteiger partial charge in [-0.15, -0.1) is 0 Å². The Morgan fingerprint density at radius 3 is 2.11 bits per heavy atom. The van der Waals surface area contributed by atoms with Crippen LogP contribution in [0.15, 0.2) is 54.6 Å². The third-order valence-corrected chi connectivity index (χ3v) is 3.79. The van der Waals surface area contributed by atoms with E-state index in [1.807, 2.05) is 18.2 Å². The van der Waals surface area contributed by atoms with E-state index in [4.69, 9.17) is 0 Å². The standard InChI is InChI=1S/C20H24N4O3/c1-23(2)19(26)14-24(3)13-18(25)22-17-12-8-7-11-16(17)20(27)21-15-9-5-4-6-10-15/h4-12H,13-14H2,1-3H3,(H,21,27)(H,22,25). The van der Waals surface area contributed by atoms with E-state index in [0.29, 0.717) is 16.9 Å². The van der Waals surface area contributed by atoms with E-state index < -0.39 is 0 Å². The molecule has 2 aromatic carbocycles. The molecule has 0 bridgehead atoms. The molecule has 7 nitrogen and oxygen atoms in total. The molecule has 7 heteroatoms. The molecule has 2 N–H and O–H groups in total. The van der Waals surface area contributed by atoms with Crippen LogP contribution in [0.5, 0.6) is 0 Å². The predicted molar refractivity (Wildman–Crippen MR) is 106 cm³/mol. The van der Waals surface area contributed by atoms with Crippen molar-refractivity contribution in [2.75, 3.05) is 44.9 Å². The van der Waals surface area contributed by atoms with E-state index >= 15 is 0 Å². The summed E-state index contributed by atoms with van der Waals surface area (Å²) in [4.78, 5) is 39.6. The van der Waals surface area contributed by atoms with Crippen LogP contribution < -0.4 is 10.6 Å². The third kappa shape index (κ3) is 6.23. The summed E-state index contributed by atoms with van der Waals surface area (Å²) >= 11 is 0. The molecule has 0 aliphatic carbocycles. The normalized spacial score (nSPS) is 10.4. The van der Waals surface area contributed by atoms with Crippen molar-refractivity contribution in [3.05, 3.63) is 60.2 Å². The Morgan fingerprint density at radius 1 is 0.815 bits per heavy atom. The fourth-order valence-electron chi connectivity index (χ4n) is 2.37. The van der Waals surface area contributed by atoms with Gasteiger partial charge in [-0.2, -0.15) is 0 Å². The SMILES string of the molecule is CN(CC(=O)Nc1ccccc1C(=O)Nc1ccccc1)CC(=O)N(C)C. The van der Waals surface area contributed by atoms with Gasteiger partial charge < -0.3 is 15.5 Å². The zero-order valence-electron chi connectivity index (χ0n) is 15.7. The van der Waals surface area contributed by atoms with E-state index in [2.05, 4.69) is 10.6 Å².